The Morgan fingerprint density at radius 1 is 1.43 bits per heavy atom. The molecule has 0 aliphatic heterocycles. The molecule has 0 amide bonds. The van der Waals surface area contributed by atoms with E-state index in [1.165, 1.54) is 19.2 Å². The van der Waals surface area contributed by atoms with E-state index in [1.807, 2.05) is 0 Å². The molecule has 0 spiro atoms. The predicted octanol–water partition coefficient (Wildman–Crippen LogP) is 1.14. The molecule has 1 aromatic carbocycles. The number of nitrogens with two attached hydrogens (primary N) is 1. The lowest BCUT2D eigenvalue weighted by Gasteiger charge is -2.08. The van der Waals surface area contributed by atoms with Crippen molar-refractivity contribution in [3.05, 3.63) is 22.7 Å². The van der Waals surface area contributed by atoms with Crippen LogP contribution in [0.5, 0.6) is 0 Å². The van der Waals surface area contributed by atoms with Gasteiger partial charge in [0.1, 0.15) is 0 Å². The second-order valence-corrected chi connectivity index (χ2v) is 5.11. The highest BCUT2D eigenvalue weighted by Crippen LogP contribution is 2.25. The third-order valence-electron chi connectivity index (χ3n) is 1.85. The maximum atomic E-state index is 11.5. The summed E-state index contributed by atoms with van der Waals surface area (Å²) in [7, 11) is -2.11. The standard InChI is InChI=1S/C8H11ClN2O2S/c1-5-3-6(9)7(10)4-8(5)14(12,13)11-2/h3-4,11H,10H2,1-2H3. The van der Waals surface area contributed by atoms with Crippen molar-refractivity contribution >= 4 is 27.3 Å². The van der Waals surface area contributed by atoms with Gasteiger partial charge in [-0.1, -0.05) is 11.6 Å². The van der Waals surface area contributed by atoms with Crippen LogP contribution in [0.2, 0.25) is 5.02 Å². The van der Waals surface area contributed by atoms with E-state index in [0.717, 1.165) is 0 Å². The third kappa shape index (κ3) is 2.00. The van der Waals surface area contributed by atoms with Crippen molar-refractivity contribution in [2.75, 3.05) is 12.8 Å². The highest BCUT2D eigenvalue weighted by molar-refractivity contribution is 7.89. The van der Waals surface area contributed by atoms with Crippen molar-refractivity contribution in [1.82, 2.24) is 4.72 Å². The number of sulfonamides is 1. The minimum atomic E-state index is -3.46. The average molecular weight is 235 g/mol. The predicted molar refractivity (Wildman–Crippen MR) is 56.8 cm³/mol. The molecule has 0 aliphatic carbocycles. The van der Waals surface area contributed by atoms with Gasteiger partial charge in [-0.25, -0.2) is 13.1 Å². The molecule has 0 saturated heterocycles. The fourth-order valence-electron chi connectivity index (χ4n) is 1.07. The quantitative estimate of drug-likeness (QED) is 0.754. The van der Waals surface area contributed by atoms with Crippen LogP contribution in [0.1, 0.15) is 5.56 Å². The molecule has 14 heavy (non-hydrogen) atoms. The van der Waals surface area contributed by atoms with Gasteiger partial charge in [-0.3, -0.25) is 0 Å². The number of anilines is 1. The lowest BCUT2D eigenvalue weighted by Crippen LogP contribution is -2.19. The molecule has 0 aromatic heterocycles. The van der Waals surface area contributed by atoms with E-state index in [-0.39, 0.29) is 10.6 Å². The lowest BCUT2D eigenvalue weighted by atomic mass is 10.2. The minimum Gasteiger partial charge on any atom is -0.397 e. The van der Waals surface area contributed by atoms with Crippen LogP contribution >= 0.6 is 11.6 Å². The first kappa shape index (κ1) is 11.3. The van der Waals surface area contributed by atoms with Gasteiger partial charge >= 0.3 is 0 Å². The Hall–Kier alpha value is -0.780. The van der Waals surface area contributed by atoms with Crippen molar-refractivity contribution in [3.63, 3.8) is 0 Å². The van der Waals surface area contributed by atoms with E-state index in [9.17, 15) is 8.42 Å². The van der Waals surface area contributed by atoms with Gasteiger partial charge in [0.15, 0.2) is 0 Å². The summed E-state index contributed by atoms with van der Waals surface area (Å²) in [5, 5.41) is 0.359. The first-order valence-corrected chi connectivity index (χ1v) is 5.74. The van der Waals surface area contributed by atoms with Gasteiger partial charge in [-0.15, -0.1) is 0 Å². The Labute approximate surface area is 88.1 Å². The number of hydrogen-bond donors (Lipinski definition) is 2. The van der Waals surface area contributed by atoms with Crippen molar-refractivity contribution in [1.29, 1.82) is 0 Å². The first-order chi connectivity index (χ1) is 6.38. The highest BCUT2D eigenvalue weighted by atomic mass is 35.5. The van der Waals surface area contributed by atoms with E-state index in [1.54, 1.807) is 6.92 Å². The van der Waals surface area contributed by atoms with E-state index in [0.29, 0.717) is 10.6 Å². The minimum absolute atomic E-state index is 0.155. The van der Waals surface area contributed by atoms with Crippen molar-refractivity contribution in [3.8, 4) is 0 Å². The Bertz CT molecular complexity index is 457. The monoisotopic (exact) mass is 234 g/mol. The summed E-state index contributed by atoms with van der Waals surface area (Å²) in [4.78, 5) is 0.155. The van der Waals surface area contributed by atoms with Gasteiger partial charge in [0, 0.05) is 0 Å². The number of benzene rings is 1. The second-order valence-electron chi connectivity index (χ2n) is 2.85. The number of nitrogens with one attached hydrogen (secondary N) is 1. The Morgan fingerprint density at radius 2 is 2.00 bits per heavy atom. The van der Waals surface area contributed by atoms with Crippen LogP contribution in [0.3, 0.4) is 0 Å². The first-order valence-electron chi connectivity index (χ1n) is 3.87. The van der Waals surface area contributed by atoms with E-state index >= 15 is 0 Å². The molecule has 3 N–H and O–H groups in total. The van der Waals surface area contributed by atoms with Gasteiger partial charge in [0.25, 0.3) is 0 Å². The maximum absolute atomic E-state index is 11.5. The van der Waals surface area contributed by atoms with Crippen LogP contribution in [0.15, 0.2) is 17.0 Å². The van der Waals surface area contributed by atoms with Crippen molar-refractivity contribution in [2.45, 2.75) is 11.8 Å². The van der Waals surface area contributed by atoms with Gasteiger partial charge in [0.05, 0.1) is 15.6 Å². The molecule has 6 heteroatoms. The topological polar surface area (TPSA) is 72.2 Å². The summed E-state index contributed by atoms with van der Waals surface area (Å²) in [6.07, 6.45) is 0. The van der Waals surface area contributed by atoms with Crippen LogP contribution in [0.4, 0.5) is 5.69 Å². The average Bonchev–Trinajstić information content (AvgIpc) is 2.11. The van der Waals surface area contributed by atoms with Crippen molar-refractivity contribution < 1.29 is 8.42 Å². The van der Waals surface area contributed by atoms with Crippen LogP contribution < -0.4 is 10.5 Å². The normalized spacial score (nSPS) is 11.6. The van der Waals surface area contributed by atoms with E-state index in [4.69, 9.17) is 17.3 Å². The smallest absolute Gasteiger partial charge is 0.240 e. The second kappa shape index (κ2) is 3.76. The molecule has 0 aliphatic rings. The van der Waals surface area contributed by atoms with Gasteiger partial charge in [0.2, 0.25) is 10.0 Å². The third-order valence-corrected chi connectivity index (χ3v) is 3.74. The molecular formula is C8H11ClN2O2S. The van der Waals surface area contributed by atoms with Crippen LogP contribution in [0, 0.1) is 6.92 Å². The van der Waals surface area contributed by atoms with Gasteiger partial charge < -0.3 is 5.73 Å². The Morgan fingerprint density at radius 3 is 2.50 bits per heavy atom. The molecule has 0 saturated carbocycles. The fraction of sp³-hybridized carbons (Fsp3) is 0.250. The number of hydrogen-bond acceptors (Lipinski definition) is 3. The Kier molecular flexibility index (Phi) is 3.04. The van der Waals surface area contributed by atoms with Crippen LogP contribution in [-0.2, 0) is 10.0 Å². The molecule has 0 atom stereocenters. The highest BCUT2D eigenvalue weighted by Gasteiger charge is 2.15. The van der Waals surface area contributed by atoms with Crippen LogP contribution in [-0.4, -0.2) is 15.5 Å². The summed E-state index contributed by atoms with van der Waals surface area (Å²) in [6, 6.07) is 2.88. The van der Waals surface area contributed by atoms with Gasteiger partial charge in [-0.2, -0.15) is 0 Å². The zero-order chi connectivity index (χ0) is 10.9. The van der Waals surface area contributed by atoms with Gasteiger partial charge in [-0.05, 0) is 31.7 Å². The molecule has 0 heterocycles. The van der Waals surface area contributed by atoms with E-state index in [2.05, 4.69) is 4.72 Å². The lowest BCUT2D eigenvalue weighted by molar-refractivity contribution is 0.587. The number of halogens is 1. The number of nitrogen functional groups attached to an aromatic ring is 1. The zero-order valence-corrected chi connectivity index (χ0v) is 9.41. The van der Waals surface area contributed by atoms with E-state index < -0.39 is 10.0 Å². The summed E-state index contributed by atoms with van der Waals surface area (Å²) in [6.45, 7) is 1.66. The summed E-state index contributed by atoms with van der Waals surface area (Å²) < 4.78 is 25.2. The molecule has 1 rings (SSSR count). The molecule has 78 valence electrons. The zero-order valence-electron chi connectivity index (χ0n) is 7.83. The number of rotatable bonds is 2. The molecule has 0 radical (unpaired) electrons. The fourth-order valence-corrected chi connectivity index (χ4v) is 2.27. The summed E-state index contributed by atoms with van der Waals surface area (Å²) in [5.41, 5.74) is 6.34. The van der Waals surface area contributed by atoms with Crippen LogP contribution in [0.25, 0.3) is 0 Å². The SMILES string of the molecule is CNS(=O)(=O)c1cc(N)c(Cl)cc1C. The largest absolute Gasteiger partial charge is 0.397 e. The molecule has 4 nitrogen and oxygen atoms in total. The van der Waals surface area contributed by atoms with Crippen molar-refractivity contribution in [2.24, 2.45) is 0 Å². The summed E-state index contributed by atoms with van der Waals surface area (Å²) >= 11 is 5.74. The molecule has 1 aromatic rings. The number of aryl methyl sites for hydroxylation is 1. The Balaban J connectivity index is 3.45. The summed E-state index contributed by atoms with van der Waals surface area (Å²) in [5.74, 6) is 0. The molecule has 0 bridgehead atoms. The maximum Gasteiger partial charge on any atom is 0.240 e. The molecular weight excluding hydrogens is 224 g/mol. The molecule has 0 unspecified atom stereocenters. The molecule has 0 fully saturated rings.